The maximum atomic E-state index is 12.1. The topological polar surface area (TPSA) is 58.2 Å². The maximum Gasteiger partial charge on any atom is 0.322 e. The molecule has 114 valence electrons. The Morgan fingerprint density at radius 3 is 2.50 bits per heavy atom. The van der Waals surface area contributed by atoms with Crippen molar-refractivity contribution in [2.45, 2.75) is 36.6 Å². The van der Waals surface area contributed by atoms with E-state index in [1.165, 1.54) is 5.56 Å². The second kappa shape index (κ2) is 4.59. The number of rotatable bonds is 0. The molecule has 2 aliphatic carbocycles. The van der Waals surface area contributed by atoms with E-state index in [2.05, 4.69) is 38.7 Å². The molecule has 0 unspecified atom stereocenters. The van der Waals surface area contributed by atoms with Crippen molar-refractivity contribution in [2.75, 3.05) is 0 Å². The second-order valence-corrected chi connectivity index (χ2v) is 7.59. The first-order valence-electron chi connectivity index (χ1n) is 7.27. The van der Waals surface area contributed by atoms with E-state index in [1.807, 2.05) is 12.1 Å². The van der Waals surface area contributed by atoms with E-state index in [-0.39, 0.29) is 17.4 Å². The summed E-state index contributed by atoms with van der Waals surface area (Å²) in [5, 5.41) is 5.90. The Bertz CT molecular complexity index is 736. The SMILES string of the molecule is O=C1NC(=O)C2(CCC3(CC2)C(Br)=Cc2cc(Cl)ccc23)N1. The Balaban J connectivity index is 1.68. The molecule has 0 atom stereocenters. The summed E-state index contributed by atoms with van der Waals surface area (Å²) in [5.74, 6) is -0.193. The first kappa shape index (κ1) is 14.3. The van der Waals surface area contributed by atoms with Crippen molar-refractivity contribution in [1.29, 1.82) is 0 Å². The Hall–Kier alpha value is -1.33. The Labute approximate surface area is 141 Å². The van der Waals surface area contributed by atoms with Crippen molar-refractivity contribution in [1.82, 2.24) is 10.6 Å². The molecular weight excluding hydrogens is 368 g/mol. The zero-order valence-electron chi connectivity index (χ0n) is 11.7. The molecule has 1 aromatic rings. The van der Waals surface area contributed by atoms with Gasteiger partial charge in [-0.25, -0.2) is 4.79 Å². The molecule has 22 heavy (non-hydrogen) atoms. The highest BCUT2D eigenvalue weighted by molar-refractivity contribution is 9.11. The van der Waals surface area contributed by atoms with Crippen molar-refractivity contribution in [3.05, 3.63) is 38.8 Å². The van der Waals surface area contributed by atoms with E-state index in [9.17, 15) is 9.59 Å². The highest BCUT2D eigenvalue weighted by atomic mass is 79.9. The highest BCUT2D eigenvalue weighted by Gasteiger charge is 2.54. The van der Waals surface area contributed by atoms with Crippen molar-refractivity contribution in [3.63, 3.8) is 0 Å². The van der Waals surface area contributed by atoms with Crippen LogP contribution in [0.5, 0.6) is 0 Å². The standard InChI is InChI=1S/C16H14BrClN2O2/c17-12-8-9-7-10(18)1-2-11(9)15(12)3-5-16(6-4-15)13(21)19-14(22)20-16/h1-2,7-8H,3-6H2,(H2,19,20,21,22). The van der Waals surface area contributed by atoms with Crippen LogP contribution in [0.25, 0.3) is 6.08 Å². The van der Waals surface area contributed by atoms with Crippen LogP contribution in [-0.2, 0) is 10.2 Å². The third kappa shape index (κ3) is 1.82. The largest absolute Gasteiger partial charge is 0.323 e. The van der Waals surface area contributed by atoms with Gasteiger partial charge in [0.25, 0.3) is 5.91 Å². The third-order valence-electron chi connectivity index (χ3n) is 5.24. The average molecular weight is 382 g/mol. The molecular formula is C16H14BrClN2O2. The number of allylic oxidation sites excluding steroid dienone is 1. The van der Waals surface area contributed by atoms with Crippen LogP contribution in [0.2, 0.25) is 5.02 Å². The van der Waals surface area contributed by atoms with Gasteiger partial charge in [-0.2, -0.15) is 0 Å². The van der Waals surface area contributed by atoms with Crippen LogP contribution in [0.3, 0.4) is 0 Å². The molecule has 1 aromatic carbocycles. The number of amides is 3. The smallest absolute Gasteiger partial charge is 0.322 e. The molecule has 2 fully saturated rings. The van der Waals surface area contributed by atoms with Crippen LogP contribution < -0.4 is 10.6 Å². The molecule has 1 saturated carbocycles. The van der Waals surface area contributed by atoms with E-state index in [0.717, 1.165) is 27.9 Å². The van der Waals surface area contributed by atoms with Gasteiger partial charge in [0.05, 0.1) is 0 Å². The van der Waals surface area contributed by atoms with Gasteiger partial charge in [-0.15, -0.1) is 0 Å². The van der Waals surface area contributed by atoms with E-state index in [4.69, 9.17) is 11.6 Å². The summed E-state index contributed by atoms with van der Waals surface area (Å²) >= 11 is 9.80. The molecule has 3 amide bonds. The summed E-state index contributed by atoms with van der Waals surface area (Å²) in [7, 11) is 0. The summed E-state index contributed by atoms with van der Waals surface area (Å²) in [4.78, 5) is 23.6. The second-order valence-electron chi connectivity index (χ2n) is 6.30. The maximum absolute atomic E-state index is 12.1. The minimum atomic E-state index is -0.731. The first-order chi connectivity index (χ1) is 10.5. The number of carbonyl (C=O) groups is 2. The normalized spacial score (nSPS) is 32.9. The van der Waals surface area contributed by atoms with Crippen LogP contribution in [0, 0.1) is 0 Å². The fourth-order valence-electron chi connectivity index (χ4n) is 3.98. The first-order valence-corrected chi connectivity index (χ1v) is 8.44. The number of nitrogens with one attached hydrogen (secondary N) is 2. The van der Waals surface area contributed by atoms with Gasteiger partial charge >= 0.3 is 6.03 Å². The zero-order chi connectivity index (χ0) is 15.5. The lowest BCUT2D eigenvalue weighted by atomic mass is 9.65. The van der Waals surface area contributed by atoms with E-state index in [0.29, 0.717) is 12.8 Å². The number of benzene rings is 1. The van der Waals surface area contributed by atoms with Crippen molar-refractivity contribution in [3.8, 4) is 0 Å². The number of hydrogen-bond donors (Lipinski definition) is 2. The lowest BCUT2D eigenvalue weighted by molar-refractivity contribution is -0.125. The quantitative estimate of drug-likeness (QED) is 0.676. The number of urea groups is 1. The van der Waals surface area contributed by atoms with Crippen molar-refractivity contribution < 1.29 is 9.59 Å². The summed E-state index contributed by atoms with van der Waals surface area (Å²) in [6, 6.07) is 5.58. The van der Waals surface area contributed by atoms with Gasteiger partial charge in [0, 0.05) is 14.9 Å². The minimum absolute atomic E-state index is 0.0984. The predicted octanol–water partition coefficient (Wildman–Crippen LogP) is 3.48. The lowest BCUT2D eigenvalue weighted by Crippen LogP contribution is -2.52. The van der Waals surface area contributed by atoms with E-state index in [1.54, 1.807) is 0 Å². The molecule has 2 spiro atoms. The van der Waals surface area contributed by atoms with Gasteiger partial charge in [0.1, 0.15) is 5.54 Å². The third-order valence-corrected chi connectivity index (χ3v) is 6.46. The molecule has 3 aliphatic rings. The Morgan fingerprint density at radius 2 is 1.86 bits per heavy atom. The van der Waals surface area contributed by atoms with Crippen LogP contribution in [0.4, 0.5) is 4.79 Å². The van der Waals surface area contributed by atoms with Gasteiger partial charge in [-0.1, -0.05) is 33.6 Å². The number of fused-ring (bicyclic) bond motifs is 2. The molecule has 1 heterocycles. The average Bonchev–Trinajstić information content (AvgIpc) is 2.88. The minimum Gasteiger partial charge on any atom is -0.323 e. The summed E-state index contributed by atoms with van der Waals surface area (Å²) < 4.78 is 1.14. The van der Waals surface area contributed by atoms with Crippen LogP contribution in [-0.4, -0.2) is 17.5 Å². The van der Waals surface area contributed by atoms with Gasteiger partial charge in [0.2, 0.25) is 0 Å². The lowest BCUT2D eigenvalue weighted by Gasteiger charge is -2.42. The molecule has 0 radical (unpaired) electrons. The van der Waals surface area contributed by atoms with Gasteiger partial charge in [0.15, 0.2) is 0 Å². The number of carbonyl (C=O) groups excluding carboxylic acids is 2. The molecule has 0 bridgehead atoms. The van der Waals surface area contributed by atoms with E-state index >= 15 is 0 Å². The van der Waals surface area contributed by atoms with Crippen LogP contribution in [0.1, 0.15) is 36.8 Å². The molecule has 2 N–H and O–H groups in total. The number of halogens is 2. The molecule has 4 rings (SSSR count). The molecule has 1 saturated heterocycles. The Morgan fingerprint density at radius 1 is 1.14 bits per heavy atom. The fraction of sp³-hybridized carbons (Fsp3) is 0.375. The van der Waals surface area contributed by atoms with Gasteiger partial charge < -0.3 is 5.32 Å². The van der Waals surface area contributed by atoms with Gasteiger partial charge in [-0.05, 0) is 55.0 Å². The monoisotopic (exact) mass is 380 g/mol. The Kier molecular flexibility index (Phi) is 2.97. The fourth-order valence-corrected chi connectivity index (χ4v) is 5.02. The summed E-state index contributed by atoms with van der Waals surface area (Å²) in [6.07, 6.45) is 5.01. The molecule has 6 heteroatoms. The van der Waals surface area contributed by atoms with Gasteiger partial charge in [-0.3, -0.25) is 10.1 Å². The summed E-state index contributed by atoms with van der Waals surface area (Å²) in [5.41, 5.74) is 1.56. The predicted molar refractivity (Wildman–Crippen MR) is 87.9 cm³/mol. The van der Waals surface area contributed by atoms with Crippen LogP contribution in [0.15, 0.2) is 22.7 Å². The summed E-state index contributed by atoms with van der Waals surface area (Å²) in [6.45, 7) is 0. The molecule has 4 nitrogen and oxygen atoms in total. The number of hydrogen-bond acceptors (Lipinski definition) is 2. The van der Waals surface area contributed by atoms with E-state index < -0.39 is 5.54 Å². The molecule has 1 aliphatic heterocycles. The van der Waals surface area contributed by atoms with Crippen molar-refractivity contribution >= 4 is 45.5 Å². The van der Waals surface area contributed by atoms with Crippen LogP contribution >= 0.6 is 27.5 Å². The highest BCUT2D eigenvalue weighted by Crippen LogP contribution is 2.55. The zero-order valence-corrected chi connectivity index (χ0v) is 14.1. The van der Waals surface area contributed by atoms with Crippen molar-refractivity contribution in [2.24, 2.45) is 0 Å². The molecule has 0 aromatic heterocycles. The number of imide groups is 1.